The van der Waals surface area contributed by atoms with Crippen LogP contribution in [0.5, 0.6) is 5.75 Å². The van der Waals surface area contributed by atoms with E-state index in [1.165, 1.54) is 22.7 Å². The van der Waals surface area contributed by atoms with E-state index < -0.39 is 0 Å². The molecule has 0 aliphatic rings. The maximum atomic E-state index is 5.78. The van der Waals surface area contributed by atoms with Crippen LogP contribution >= 0.6 is 11.5 Å². The normalized spacial score (nSPS) is 10.8. The minimum absolute atomic E-state index is 0.453. The molecule has 4 nitrogen and oxygen atoms in total. The summed E-state index contributed by atoms with van der Waals surface area (Å²) < 4.78 is 9.62. The van der Waals surface area contributed by atoms with Crippen LogP contribution in [0, 0.1) is 0 Å². The molecule has 0 aliphatic carbocycles. The number of rotatable bonds is 6. The Kier molecular flexibility index (Phi) is 4.84. The summed E-state index contributed by atoms with van der Waals surface area (Å²) in [5, 5.41) is 4.22. The highest BCUT2D eigenvalue weighted by atomic mass is 32.1. The molecule has 2 aromatic rings. The SMILES string of the molecule is CCOc1c(N)nsc1NCc1ccc(C(C)C)cc1. The fourth-order valence-corrected chi connectivity index (χ4v) is 2.55. The van der Waals surface area contributed by atoms with Crippen LogP contribution in [-0.4, -0.2) is 11.0 Å². The number of nitrogens with one attached hydrogen (secondary N) is 1. The maximum absolute atomic E-state index is 5.78. The summed E-state index contributed by atoms with van der Waals surface area (Å²) in [6.45, 7) is 7.65. The Morgan fingerprint density at radius 2 is 2.00 bits per heavy atom. The second-order valence-electron chi connectivity index (χ2n) is 4.91. The number of anilines is 2. The number of nitrogens with zero attached hydrogens (tertiary/aromatic N) is 1. The molecule has 1 heterocycles. The maximum Gasteiger partial charge on any atom is 0.197 e. The van der Waals surface area contributed by atoms with E-state index >= 15 is 0 Å². The molecule has 1 aromatic heterocycles. The first kappa shape index (κ1) is 14.7. The fourth-order valence-electron chi connectivity index (χ4n) is 1.89. The molecule has 2 rings (SSSR count). The molecule has 0 saturated heterocycles. The molecule has 0 bridgehead atoms. The van der Waals surface area contributed by atoms with Gasteiger partial charge in [-0.2, -0.15) is 4.37 Å². The monoisotopic (exact) mass is 291 g/mol. The quantitative estimate of drug-likeness (QED) is 0.848. The number of ether oxygens (including phenoxy) is 1. The van der Waals surface area contributed by atoms with Crippen LogP contribution in [0.2, 0.25) is 0 Å². The number of nitrogens with two attached hydrogens (primary N) is 1. The lowest BCUT2D eigenvalue weighted by molar-refractivity contribution is 0.344. The van der Waals surface area contributed by atoms with Crippen molar-refractivity contribution in [3.8, 4) is 5.75 Å². The summed E-state index contributed by atoms with van der Waals surface area (Å²) in [4.78, 5) is 0. The molecule has 0 unspecified atom stereocenters. The van der Waals surface area contributed by atoms with Gasteiger partial charge in [0.25, 0.3) is 0 Å². The first-order valence-electron chi connectivity index (χ1n) is 6.82. The standard InChI is InChI=1S/C15H21N3OS/c1-4-19-13-14(16)18-20-15(13)17-9-11-5-7-12(8-6-11)10(2)3/h5-8,10,17H,4,9H2,1-3H3,(H2,16,18). The molecule has 5 heteroatoms. The van der Waals surface area contributed by atoms with Gasteiger partial charge in [-0.1, -0.05) is 38.1 Å². The van der Waals surface area contributed by atoms with Gasteiger partial charge in [0.1, 0.15) is 0 Å². The van der Waals surface area contributed by atoms with E-state index in [1.54, 1.807) is 0 Å². The summed E-state index contributed by atoms with van der Waals surface area (Å²) in [6.07, 6.45) is 0. The molecule has 0 saturated carbocycles. The molecule has 1 aromatic carbocycles. The second kappa shape index (κ2) is 6.61. The van der Waals surface area contributed by atoms with Gasteiger partial charge in [0, 0.05) is 6.54 Å². The Labute approximate surface area is 124 Å². The zero-order chi connectivity index (χ0) is 14.5. The van der Waals surface area contributed by atoms with Gasteiger partial charge in [0.15, 0.2) is 16.6 Å². The van der Waals surface area contributed by atoms with Gasteiger partial charge in [-0.25, -0.2) is 0 Å². The van der Waals surface area contributed by atoms with Gasteiger partial charge in [-0.3, -0.25) is 0 Å². The molecule has 0 atom stereocenters. The summed E-state index contributed by atoms with van der Waals surface area (Å²) in [5.41, 5.74) is 8.36. The Morgan fingerprint density at radius 3 is 2.60 bits per heavy atom. The molecule has 0 spiro atoms. The molecular formula is C15H21N3OS. The average Bonchev–Trinajstić information content (AvgIpc) is 2.79. The van der Waals surface area contributed by atoms with E-state index in [0.717, 1.165) is 11.5 Å². The highest BCUT2D eigenvalue weighted by Gasteiger charge is 2.12. The Balaban J connectivity index is 2.01. The smallest absolute Gasteiger partial charge is 0.197 e. The van der Waals surface area contributed by atoms with Crippen molar-refractivity contribution < 1.29 is 4.74 Å². The molecule has 108 valence electrons. The van der Waals surface area contributed by atoms with Gasteiger partial charge in [0.2, 0.25) is 0 Å². The third-order valence-corrected chi connectivity index (χ3v) is 3.86. The van der Waals surface area contributed by atoms with Crippen LogP contribution in [0.3, 0.4) is 0 Å². The van der Waals surface area contributed by atoms with E-state index in [4.69, 9.17) is 10.5 Å². The van der Waals surface area contributed by atoms with E-state index in [0.29, 0.717) is 24.1 Å². The largest absolute Gasteiger partial charge is 0.487 e. The lowest BCUT2D eigenvalue weighted by Crippen LogP contribution is -2.02. The number of aromatic nitrogens is 1. The fraction of sp³-hybridized carbons (Fsp3) is 0.400. The zero-order valence-corrected chi connectivity index (χ0v) is 13.0. The van der Waals surface area contributed by atoms with E-state index in [-0.39, 0.29) is 0 Å². The van der Waals surface area contributed by atoms with Crippen molar-refractivity contribution in [2.45, 2.75) is 33.2 Å². The Bertz CT molecular complexity index is 549. The average molecular weight is 291 g/mol. The van der Waals surface area contributed by atoms with Crippen molar-refractivity contribution >= 4 is 22.4 Å². The predicted molar refractivity (Wildman–Crippen MR) is 85.6 cm³/mol. The number of hydrogen-bond acceptors (Lipinski definition) is 5. The van der Waals surface area contributed by atoms with Crippen LogP contribution in [0.4, 0.5) is 10.8 Å². The highest BCUT2D eigenvalue weighted by molar-refractivity contribution is 7.11. The van der Waals surface area contributed by atoms with Crippen molar-refractivity contribution in [2.24, 2.45) is 0 Å². The first-order valence-corrected chi connectivity index (χ1v) is 7.59. The highest BCUT2D eigenvalue weighted by Crippen LogP contribution is 2.35. The van der Waals surface area contributed by atoms with Gasteiger partial charge in [-0.05, 0) is 35.5 Å². The predicted octanol–water partition coefficient (Wildman–Crippen LogP) is 3.86. The lowest BCUT2D eigenvalue weighted by Gasteiger charge is -2.09. The first-order chi connectivity index (χ1) is 9.61. The second-order valence-corrected chi connectivity index (χ2v) is 5.68. The minimum atomic E-state index is 0.453. The van der Waals surface area contributed by atoms with Crippen molar-refractivity contribution in [1.29, 1.82) is 0 Å². The summed E-state index contributed by atoms with van der Waals surface area (Å²) in [5.74, 6) is 1.67. The van der Waals surface area contributed by atoms with Crippen LogP contribution in [0.25, 0.3) is 0 Å². The van der Waals surface area contributed by atoms with E-state index in [1.807, 2.05) is 6.92 Å². The number of benzene rings is 1. The van der Waals surface area contributed by atoms with Gasteiger partial charge in [-0.15, -0.1) is 0 Å². The molecule has 0 radical (unpaired) electrons. The van der Waals surface area contributed by atoms with Crippen LogP contribution in [-0.2, 0) is 6.54 Å². The molecule has 0 aliphatic heterocycles. The van der Waals surface area contributed by atoms with Crippen LogP contribution in [0.15, 0.2) is 24.3 Å². The van der Waals surface area contributed by atoms with Crippen molar-refractivity contribution in [3.63, 3.8) is 0 Å². The van der Waals surface area contributed by atoms with Crippen molar-refractivity contribution in [1.82, 2.24) is 4.37 Å². The Hall–Kier alpha value is -1.75. The molecule has 0 amide bonds. The lowest BCUT2D eigenvalue weighted by atomic mass is 10.0. The Morgan fingerprint density at radius 1 is 1.30 bits per heavy atom. The minimum Gasteiger partial charge on any atom is -0.487 e. The third kappa shape index (κ3) is 3.42. The van der Waals surface area contributed by atoms with Gasteiger partial charge >= 0.3 is 0 Å². The summed E-state index contributed by atoms with van der Waals surface area (Å²) in [6, 6.07) is 8.64. The van der Waals surface area contributed by atoms with Crippen LogP contribution < -0.4 is 15.8 Å². The summed E-state index contributed by atoms with van der Waals surface area (Å²) >= 11 is 1.33. The number of hydrogen-bond donors (Lipinski definition) is 2. The van der Waals surface area contributed by atoms with Crippen LogP contribution in [0.1, 0.15) is 37.8 Å². The van der Waals surface area contributed by atoms with Crippen molar-refractivity contribution in [2.75, 3.05) is 17.7 Å². The molecule has 20 heavy (non-hydrogen) atoms. The van der Waals surface area contributed by atoms with Gasteiger partial charge < -0.3 is 15.8 Å². The molecule has 3 N–H and O–H groups in total. The van der Waals surface area contributed by atoms with E-state index in [2.05, 4.69) is 47.8 Å². The van der Waals surface area contributed by atoms with E-state index in [9.17, 15) is 0 Å². The topological polar surface area (TPSA) is 60.2 Å². The number of nitrogen functional groups attached to an aromatic ring is 1. The zero-order valence-electron chi connectivity index (χ0n) is 12.1. The van der Waals surface area contributed by atoms with Crippen molar-refractivity contribution in [3.05, 3.63) is 35.4 Å². The molecule has 0 fully saturated rings. The third-order valence-electron chi connectivity index (χ3n) is 3.06. The summed E-state index contributed by atoms with van der Waals surface area (Å²) in [7, 11) is 0. The molecular weight excluding hydrogens is 270 g/mol. The van der Waals surface area contributed by atoms with Gasteiger partial charge in [0.05, 0.1) is 6.61 Å².